The molecule has 3 aromatic rings. The number of halogens is 2. The zero-order chi connectivity index (χ0) is 20.5. The van der Waals surface area contributed by atoms with Crippen LogP contribution in [0.5, 0.6) is 5.75 Å². The SMILES string of the molecule is COc1ccc2c(c1)SC(c1ccc(F)c(F)c1)CCN2Cc1cnn(C)c1C. The summed E-state index contributed by atoms with van der Waals surface area (Å²) in [4.78, 5) is 3.39. The zero-order valence-electron chi connectivity index (χ0n) is 16.7. The molecule has 152 valence electrons. The van der Waals surface area contributed by atoms with Crippen LogP contribution in [-0.2, 0) is 13.6 Å². The fourth-order valence-corrected chi connectivity index (χ4v) is 4.91. The maximum atomic E-state index is 13.8. The van der Waals surface area contributed by atoms with Crippen molar-refractivity contribution in [1.82, 2.24) is 9.78 Å². The Kier molecular flexibility index (Phi) is 5.50. The Labute approximate surface area is 173 Å². The van der Waals surface area contributed by atoms with Crippen LogP contribution in [0.2, 0.25) is 0 Å². The highest BCUT2D eigenvalue weighted by molar-refractivity contribution is 7.99. The Hall–Kier alpha value is -2.54. The van der Waals surface area contributed by atoms with E-state index in [0.717, 1.165) is 47.1 Å². The second kappa shape index (κ2) is 8.06. The summed E-state index contributed by atoms with van der Waals surface area (Å²) in [6.07, 6.45) is 2.72. The monoisotopic (exact) mass is 415 g/mol. The number of aromatic nitrogens is 2. The molecule has 0 saturated carbocycles. The summed E-state index contributed by atoms with van der Waals surface area (Å²) in [7, 11) is 3.59. The molecular formula is C22H23F2N3OS. The Bertz CT molecular complexity index is 1040. The van der Waals surface area contributed by atoms with Crippen molar-refractivity contribution in [3.05, 3.63) is 71.1 Å². The van der Waals surface area contributed by atoms with E-state index in [9.17, 15) is 8.78 Å². The normalized spacial score (nSPS) is 16.4. The quantitative estimate of drug-likeness (QED) is 0.582. The number of ether oxygens (including phenoxy) is 1. The van der Waals surface area contributed by atoms with E-state index < -0.39 is 11.6 Å². The largest absolute Gasteiger partial charge is 0.497 e. The molecular weight excluding hydrogens is 392 g/mol. The summed E-state index contributed by atoms with van der Waals surface area (Å²) in [5.74, 6) is -0.844. The number of rotatable bonds is 4. The first-order chi connectivity index (χ1) is 14.0. The summed E-state index contributed by atoms with van der Waals surface area (Å²) in [5.41, 5.74) is 4.21. The van der Waals surface area contributed by atoms with Gasteiger partial charge in [0.05, 0.1) is 19.0 Å². The van der Waals surface area contributed by atoms with E-state index in [1.54, 1.807) is 24.9 Å². The minimum Gasteiger partial charge on any atom is -0.497 e. The maximum Gasteiger partial charge on any atom is 0.159 e. The first-order valence-electron chi connectivity index (χ1n) is 9.48. The molecule has 4 nitrogen and oxygen atoms in total. The van der Waals surface area contributed by atoms with E-state index in [1.165, 1.54) is 17.7 Å². The third-order valence-corrected chi connectivity index (χ3v) is 6.82. The van der Waals surface area contributed by atoms with Gasteiger partial charge in [-0.25, -0.2) is 8.78 Å². The second-order valence-corrected chi connectivity index (χ2v) is 8.45. The minimum absolute atomic E-state index is 0.0240. The third kappa shape index (κ3) is 3.96. The fraction of sp³-hybridized carbons (Fsp3) is 0.318. The van der Waals surface area contributed by atoms with Crippen LogP contribution in [0.3, 0.4) is 0 Å². The molecule has 0 radical (unpaired) electrons. The van der Waals surface area contributed by atoms with Gasteiger partial charge in [0.25, 0.3) is 0 Å². The first-order valence-corrected chi connectivity index (χ1v) is 10.4. The van der Waals surface area contributed by atoms with Crippen LogP contribution >= 0.6 is 11.8 Å². The van der Waals surface area contributed by atoms with Crippen LogP contribution in [-0.4, -0.2) is 23.4 Å². The van der Waals surface area contributed by atoms with Crippen molar-refractivity contribution < 1.29 is 13.5 Å². The Morgan fingerprint density at radius 2 is 2.00 bits per heavy atom. The van der Waals surface area contributed by atoms with Crippen LogP contribution in [0.25, 0.3) is 0 Å². The number of fused-ring (bicyclic) bond motifs is 1. The summed E-state index contributed by atoms with van der Waals surface area (Å²) >= 11 is 1.67. The minimum atomic E-state index is -0.817. The van der Waals surface area contributed by atoms with Crippen molar-refractivity contribution in [1.29, 1.82) is 0 Å². The van der Waals surface area contributed by atoms with E-state index in [4.69, 9.17) is 4.74 Å². The van der Waals surface area contributed by atoms with Gasteiger partial charge in [-0.2, -0.15) is 5.10 Å². The van der Waals surface area contributed by atoms with Crippen LogP contribution in [0.4, 0.5) is 14.5 Å². The molecule has 1 aromatic heterocycles. The van der Waals surface area contributed by atoms with E-state index in [0.29, 0.717) is 0 Å². The van der Waals surface area contributed by atoms with Gasteiger partial charge in [-0.15, -0.1) is 11.8 Å². The molecule has 0 bridgehead atoms. The fourth-order valence-electron chi connectivity index (χ4n) is 3.60. The van der Waals surface area contributed by atoms with Crippen LogP contribution in [0.15, 0.2) is 47.5 Å². The lowest BCUT2D eigenvalue weighted by Crippen LogP contribution is -2.24. The number of thioether (sulfide) groups is 1. The first kappa shape index (κ1) is 19.8. The van der Waals surface area contributed by atoms with Crippen LogP contribution in [0, 0.1) is 18.6 Å². The number of hydrogen-bond donors (Lipinski definition) is 0. The highest BCUT2D eigenvalue weighted by atomic mass is 32.2. The molecule has 1 atom stereocenters. The van der Waals surface area contributed by atoms with Gasteiger partial charge in [-0.1, -0.05) is 6.07 Å². The van der Waals surface area contributed by atoms with E-state index >= 15 is 0 Å². The highest BCUT2D eigenvalue weighted by Gasteiger charge is 2.25. The molecule has 0 amide bonds. The van der Waals surface area contributed by atoms with Gasteiger partial charge in [0.2, 0.25) is 0 Å². The molecule has 0 fully saturated rings. The average Bonchev–Trinajstić information content (AvgIpc) is 2.93. The zero-order valence-corrected chi connectivity index (χ0v) is 17.5. The van der Waals surface area contributed by atoms with E-state index in [2.05, 4.69) is 23.0 Å². The third-order valence-electron chi connectivity index (χ3n) is 5.45. The van der Waals surface area contributed by atoms with Crippen molar-refractivity contribution in [2.75, 3.05) is 18.6 Å². The highest BCUT2D eigenvalue weighted by Crippen LogP contribution is 2.46. The molecule has 0 N–H and O–H groups in total. The summed E-state index contributed by atoms with van der Waals surface area (Å²) < 4.78 is 34.5. The number of anilines is 1. The van der Waals surface area contributed by atoms with Gasteiger partial charge in [0.15, 0.2) is 11.6 Å². The van der Waals surface area contributed by atoms with Crippen molar-refractivity contribution in [3.63, 3.8) is 0 Å². The van der Waals surface area contributed by atoms with Crippen molar-refractivity contribution in [2.45, 2.75) is 30.0 Å². The second-order valence-electron chi connectivity index (χ2n) is 7.20. The van der Waals surface area contributed by atoms with E-state index in [1.807, 2.05) is 30.1 Å². The predicted molar refractivity (Wildman–Crippen MR) is 112 cm³/mol. The maximum absolute atomic E-state index is 13.8. The van der Waals surface area contributed by atoms with Crippen molar-refractivity contribution in [2.24, 2.45) is 7.05 Å². The Balaban J connectivity index is 1.69. The molecule has 1 aliphatic rings. The molecule has 1 aliphatic heterocycles. The standard InChI is InChI=1S/C22H23F2N3OS/c1-14-16(12-25-26(14)2)13-27-9-8-21(15-4-6-18(23)19(24)10-15)29-22-11-17(28-3)5-7-20(22)27/h4-7,10-12,21H,8-9,13H2,1-3H3. The van der Waals surface area contributed by atoms with Crippen molar-refractivity contribution >= 4 is 17.4 Å². The molecule has 29 heavy (non-hydrogen) atoms. The van der Waals surface area contributed by atoms with Gasteiger partial charge < -0.3 is 9.64 Å². The molecule has 1 unspecified atom stereocenters. The number of benzene rings is 2. The molecule has 0 saturated heterocycles. The lowest BCUT2D eigenvalue weighted by Gasteiger charge is -2.24. The van der Waals surface area contributed by atoms with Gasteiger partial charge in [-0.05, 0) is 49.2 Å². The predicted octanol–water partition coefficient (Wildman–Crippen LogP) is 5.26. The number of nitrogens with zero attached hydrogens (tertiary/aromatic N) is 3. The number of aryl methyl sites for hydroxylation is 1. The average molecular weight is 416 g/mol. The molecule has 0 aliphatic carbocycles. The van der Waals surface area contributed by atoms with Crippen LogP contribution < -0.4 is 9.64 Å². The smallest absolute Gasteiger partial charge is 0.159 e. The molecule has 7 heteroatoms. The molecule has 0 spiro atoms. The van der Waals surface area contributed by atoms with Gasteiger partial charge in [0.1, 0.15) is 5.75 Å². The lowest BCUT2D eigenvalue weighted by atomic mass is 10.1. The van der Waals surface area contributed by atoms with Gasteiger partial charge >= 0.3 is 0 Å². The topological polar surface area (TPSA) is 30.3 Å². The van der Waals surface area contributed by atoms with Gasteiger partial charge in [0, 0.05) is 41.5 Å². The Morgan fingerprint density at radius 1 is 1.17 bits per heavy atom. The number of hydrogen-bond acceptors (Lipinski definition) is 4. The van der Waals surface area contributed by atoms with Gasteiger partial charge in [-0.3, -0.25) is 4.68 Å². The van der Waals surface area contributed by atoms with Crippen LogP contribution in [0.1, 0.15) is 28.5 Å². The molecule has 2 heterocycles. The van der Waals surface area contributed by atoms with E-state index in [-0.39, 0.29) is 5.25 Å². The molecule has 4 rings (SSSR count). The lowest BCUT2D eigenvalue weighted by molar-refractivity contribution is 0.413. The number of methoxy groups -OCH3 is 1. The summed E-state index contributed by atoms with van der Waals surface area (Å²) in [5, 5.41) is 4.38. The summed E-state index contributed by atoms with van der Waals surface area (Å²) in [6.45, 7) is 3.60. The molecule has 2 aromatic carbocycles. The summed E-state index contributed by atoms with van der Waals surface area (Å²) in [6, 6.07) is 10.2. The Morgan fingerprint density at radius 3 is 2.69 bits per heavy atom. The van der Waals surface area contributed by atoms with Crippen molar-refractivity contribution in [3.8, 4) is 5.75 Å².